The number of hydrogen-bond acceptors (Lipinski definition) is 3. The first-order valence-electron chi connectivity index (χ1n) is 10.2. The number of carbonyl (C=O) groups is 1. The Kier molecular flexibility index (Phi) is 6.58. The summed E-state index contributed by atoms with van der Waals surface area (Å²) in [4.78, 5) is 15.2. The van der Waals surface area contributed by atoms with Gasteiger partial charge >= 0.3 is 0 Å². The Hall–Kier alpha value is -1.40. The van der Waals surface area contributed by atoms with E-state index in [2.05, 4.69) is 23.5 Å². The molecule has 150 valence electrons. The van der Waals surface area contributed by atoms with E-state index in [4.69, 9.17) is 0 Å². The third-order valence-electron chi connectivity index (χ3n) is 5.99. The first kappa shape index (κ1) is 20.3. The molecule has 2 fully saturated rings. The van der Waals surface area contributed by atoms with Crippen LogP contribution in [-0.2, 0) is 14.8 Å². The molecule has 27 heavy (non-hydrogen) atoms. The van der Waals surface area contributed by atoms with Gasteiger partial charge in [-0.2, -0.15) is 0 Å². The lowest BCUT2D eigenvalue weighted by Gasteiger charge is -2.38. The summed E-state index contributed by atoms with van der Waals surface area (Å²) >= 11 is 0. The van der Waals surface area contributed by atoms with E-state index in [0.29, 0.717) is 35.1 Å². The number of amides is 1. The lowest BCUT2D eigenvalue weighted by atomic mass is 9.80. The lowest BCUT2D eigenvalue weighted by molar-refractivity contribution is -0.139. The number of rotatable bonds is 5. The Morgan fingerprint density at radius 1 is 1.04 bits per heavy atom. The van der Waals surface area contributed by atoms with Gasteiger partial charge in [0.05, 0.1) is 4.90 Å². The molecule has 1 aromatic rings. The second kappa shape index (κ2) is 8.74. The number of piperidine rings is 1. The zero-order chi connectivity index (χ0) is 19.4. The Labute approximate surface area is 163 Å². The first-order chi connectivity index (χ1) is 12.8. The minimum Gasteiger partial charge on any atom is -0.342 e. The summed E-state index contributed by atoms with van der Waals surface area (Å²) in [6, 6.07) is 8.49. The standard InChI is InChI=1S/C21H32N2O3S/c1-16-12-17(2)15-23(14-16)21(24)19-10-8-18(9-11-19)13-22-27(25,26)20-6-4-3-5-7-20/h3-7,16-19,22H,8-15H2,1-2H3/t16-,17+,18?,19?. The van der Waals surface area contributed by atoms with Crippen molar-refractivity contribution in [1.82, 2.24) is 9.62 Å². The molecule has 0 radical (unpaired) electrons. The molecule has 2 atom stereocenters. The molecular weight excluding hydrogens is 360 g/mol. The van der Waals surface area contributed by atoms with Crippen LogP contribution in [0.2, 0.25) is 0 Å². The third kappa shape index (κ3) is 5.32. The van der Waals surface area contributed by atoms with E-state index in [1.165, 1.54) is 6.42 Å². The molecule has 1 aliphatic heterocycles. The van der Waals surface area contributed by atoms with Crippen LogP contribution >= 0.6 is 0 Å². The average molecular weight is 393 g/mol. The van der Waals surface area contributed by atoms with Crippen molar-refractivity contribution < 1.29 is 13.2 Å². The second-order valence-corrected chi connectivity index (χ2v) is 10.3. The molecule has 6 heteroatoms. The maximum atomic E-state index is 12.9. The third-order valence-corrected chi connectivity index (χ3v) is 7.43. The van der Waals surface area contributed by atoms with E-state index >= 15 is 0 Å². The molecule has 0 spiro atoms. The molecule has 1 saturated heterocycles. The number of nitrogens with one attached hydrogen (secondary N) is 1. The van der Waals surface area contributed by atoms with Gasteiger partial charge in [0, 0.05) is 25.6 Å². The predicted molar refractivity (Wildman–Crippen MR) is 107 cm³/mol. The molecule has 1 aromatic carbocycles. The largest absolute Gasteiger partial charge is 0.342 e. The van der Waals surface area contributed by atoms with Gasteiger partial charge in [0.15, 0.2) is 0 Å². The van der Waals surface area contributed by atoms with E-state index in [0.717, 1.165) is 38.8 Å². The number of sulfonamides is 1. The van der Waals surface area contributed by atoms with E-state index < -0.39 is 10.0 Å². The molecule has 0 bridgehead atoms. The average Bonchev–Trinajstić information content (AvgIpc) is 2.66. The second-order valence-electron chi connectivity index (χ2n) is 8.57. The Balaban J connectivity index is 1.47. The Morgan fingerprint density at radius 2 is 1.63 bits per heavy atom. The summed E-state index contributed by atoms with van der Waals surface area (Å²) in [7, 11) is -3.44. The summed E-state index contributed by atoms with van der Waals surface area (Å²) in [6.45, 7) is 6.69. The van der Waals surface area contributed by atoms with Gasteiger partial charge < -0.3 is 4.90 Å². The first-order valence-corrected chi connectivity index (χ1v) is 11.7. The quantitative estimate of drug-likeness (QED) is 0.836. The van der Waals surface area contributed by atoms with Crippen molar-refractivity contribution in [2.24, 2.45) is 23.7 Å². The predicted octanol–water partition coefficient (Wildman–Crippen LogP) is 3.28. The molecule has 5 nitrogen and oxygen atoms in total. The van der Waals surface area contributed by atoms with Gasteiger partial charge in [-0.1, -0.05) is 32.0 Å². The maximum absolute atomic E-state index is 12.9. The van der Waals surface area contributed by atoms with E-state index in [1.54, 1.807) is 30.3 Å². The van der Waals surface area contributed by atoms with E-state index in [9.17, 15) is 13.2 Å². The van der Waals surface area contributed by atoms with Crippen LogP contribution in [0.15, 0.2) is 35.2 Å². The van der Waals surface area contributed by atoms with Crippen molar-refractivity contribution in [2.45, 2.75) is 50.8 Å². The molecule has 1 aliphatic carbocycles. The van der Waals surface area contributed by atoms with Crippen molar-refractivity contribution in [3.63, 3.8) is 0 Å². The molecule has 1 amide bonds. The van der Waals surface area contributed by atoms with Gasteiger partial charge in [-0.15, -0.1) is 0 Å². The molecule has 1 heterocycles. The van der Waals surface area contributed by atoms with E-state index in [-0.39, 0.29) is 5.92 Å². The number of benzene rings is 1. The fourth-order valence-electron chi connectivity index (χ4n) is 4.63. The molecule has 1 N–H and O–H groups in total. The van der Waals surface area contributed by atoms with Crippen LogP contribution in [0.4, 0.5) is 0 Å². The van der Waals surface area contributed by atoms with Crippen LogP contribution in [0.3, 0.4) is 0 Å². The fraction of sp³-hybridized carbons (Fsp3) is 0.667. The molecular formula is C21H32N2O3S. The highest BCUT2D eigenvalue weighted by atomic mass is 32.2. The number of nitrogens with zero attached hydrogens (tertiary/aromatic N) is 1. The smallest absolute Gasteiger partial charge is 0.240 e. The van der Waals surface area contributed by atoms with Gasteiger partial charge in [0.2, 0.25) is 15.9 Å². The van der Waals surface area contributed by atoms with Crippen molar-refractivity contribution >= 4 is 15.9 Å². The Morgan fingerprint density at radius 3 is 2.22 bits per heavy atom. The molecule has 0 aromatic heterocycles. The van der Waals surface area contributed by atoms with Gasteiger partial charge in [0.25, 0.3) is 0 Å². The summed E-state index contributed by atoms with van der Waals surface area (Å²) in [6.07, 6.45) is 4.77. The van der Waals surface area contributed by atoms with Crippen LogP contribution in [0.25, 0.3) is 0 Å². The normalized spacial score (nSPS) is 29.5. The summed E-state index contributed by atoms with van der Waals surface area (Å²) < 4.78 is 27.4. The SMILES string of the molecule is C[C@@H]1C[C@H](C)CN(C(=O)C2CCC(CNS(=O)(=O)c3ccccc3)CC2)C1. The van der Waals surface area contributed by atoms with Crippen LogP contribution in [0, 0.1) is 23.7 Å². The van der Waals surface area contributed by atoms with Gasteiger partial charge in [-0.25, -0.2) is 13.1 Å². The minimum absolute atomic E-state index is 0.115. The minimum atomic E-state index is -3.44. The van der Waals surface area contributed by atoms with Gasteiger partial charge in [0.1, 0.15) is 0 Å². The highest BCUT2D eigenvalue weighted by Gasteiger charge is 2.33. The van der Waals surface area contributed by atoms with Gasteiger partial charge in [-0.05, 0) is 62.0 Å². The van der Waals surface area contributed by atoms with Crippen molar-refractivity contribution in [2.75, 3.05) is 19.6 Å². The molecule has 2 aliphatic rings. The monoisotopic (exact) mass is 392 g/mol. The molecule has 1 saturated carbocycles. The van der Waals surface area contributed by atoms with Crippen LogP contribution < -0.4 is 4.72 Å². The molecule has 3 rings (SSSR count). The number of likely N-dealkylation sites (tertiary alicyclic amines) is 1. The summed E-state index contributed by atoms with van der Waals surface area (Å²) in [5.41, 5.74) is 0. The number of hydrogen-bond donors (Lipinski definition) is 1. The van der Waals surface area contributed by atoms with Crippen LogP contribution in [0.5, 0.6) is 0 Å². The summed E-state index contributed by atoms with van der Waals surface area (Å²) in [5.74, 6) is 1.91. The van der Waals surface area contributed by atoms with Crippen LogP contribution in [0.1, 0.15) is 46.0 Å². The van der Waals surface area contributed by atoms with Crippen molar-refractivity contribution in [3.8, 4) is 0 Å². The lowest BCUT2D eigenvalue weighted by Crippen LogP contribution is -2.46. The highest BCUT2D eigenvalue weighted by Crippen LogP contribution is 2.32. The van der Waals surface area contributed by atoms with Crippen molar-refractivity contribution in [3.05, 3.63) is 30.3 Å². The van der Waals surface area contributed by atoms with Gasteiger partial charge in [-0.3, -0.25) is 4.79 Å². The van der Waals surface area contributed by atoms with Crippen LogP contribution in [-0.4, -0.2) is 38.9 Å². The zero-order valence-electron chi connectivity index (χ0n) is 16.4. The molecule has 0 unspecified atom stereocenters. The fourth-order valence-corrected chi connectivity index (χ4v) is 5.76. The maximum Gasteiger partial charge on any atom is 0.240 e. The van der Waals surface area contributed by atoms with E-state index in [1.807, 2.05) is 0 Å². The number of carbonyl (C=O) groups excluding carboxylic acids is 1. The summed E-state index contributed by atoms with van der Waals surface area (Å²) in [5, 5.41) is 0. The highest BCUT2D eigenvalue weighted by molar-refractivity contribution is 7.89. The Bertz CT molecular complexity index is 717. The topological polar surface area (TPSA) is 66.5 Å². The van der Waals surface area contributed by atoms with Crippen molar-refractivity contribution in [1.29, 1.82) is 0 Å². The zero-order valence-corrected chi connectivity index (χ0v) is 17.2.